The number of carbonyl (C=O) groups excluding carboxylic acids is 1. The molecule has 1 N–H and O–H groups in total. The van der Waals surface area contributed by atoms with Crippen LogP contribution in [0, 0.1) is 0 Å². The van der Waals surface area contributed by atoms with Crippen molar-refractivity contribution in [1.82, 2.24) is 5.32 Å². The van der Waals surface area contributed by atoms with E-state index in [0.717, 1.165) is 38.0 Å². The number of benzene rings is 1. The summed E-state index contributed by atoms with van der Waals surface area (Å²) in [6, 6.07) is 6.19. The SMILES string of the molecule is CCCCNC(=O)[C@H](C)Oc1cccc2c1CCCC2. The fourth-order valence-electron chi connectivity index (χ4n) is 2.63. The molecule has 20 heavy (non-hydrogen) atoms. The number of aryl methyl sites for hydroxylation is 1. The number of unbranched alkanes of at least 4 members (excludes halogenated alkanes) is 1. The third-order valence-electron chi connectivity index (χ3n) is 3.86. The van der Waals surface area contributed by atoms with Crippen LogP contribution in [0.25, 0.3) is 0 Å². The highest BCUT2D eigenvalue weighted by atomic mass is 16.5. The van der Waals surface area contributed by atoms with Gasteiger partial charge < -0.3 is 10.1 Å². The van der Waals surface area contributed by atoms with Gasteiger partial charge >= 0.3 is 0 Å². The van der Waals surface area contributed by atoms with Crippen LogP contribution in [0.2, 0.25) is 0 Å². The van der Waals surface area contributed by atoms with E-state index in [4.69, 9.17) is 4.74 Å². The number of nitrogens with one attached hydrogen (secondary N) is 1. The van der Waals surface area contributed by atoms with E-state index in [2.05, 4.69) is 18.3 Å². The molecule has 0 heterocycles. The molecule has 1 aliphatic rings. The molecule has 0 radical (unpaired) electrons. The number of ether oxygens (including phenoxy) is 1. The van der Waals surface area contributed by atoms with Gasteiger partial charge in [0.1, 0.15) is 5.75 Å². The highest BCUT2D eigenvalue weighted by Crippen LogP contribution is 2.30. The molecule has 110 valence electrons. The largest absolute Gasteiger partial charge is 0.481 e. The lowest BCUT2D eigenvalue weighted by atomic mass is 9.91. The monoisotopic (exact) mass is 275 g/mol. The van der Waals surface area contributed by atoms with E-state index in [-0.39, 0.29) is 5.91 Å². The van der Waals surface area contributed by atoms with Crippen LogP contribution in [0.1, 0.15) is 50.7 Å². The third-order valence-corrected chi connectivity index (χ3v) is 3.86. The molecule has 3 heteroatoms. The Morgan fingerprint density at radius 3 is 2.95 bits per heavy atom. The highest BCUT2D eigenvalue weighted by molar-refractivity contribution is 5.80. The summed E-state index contributed by atoms with van der Waals surface area (Å²) in [5.41, 5.74) is 2.68. The second kappa shape index (κ2) is 7.32. The molecular weight excluding hydrogens is 250 g/mol. The fourth-order valence-corrected chi connectivity index (χ4v) is 2.63. The molecule has 2 rings (SSSR count). The van der Waals surface area contributed by atoms with Crippen molar-refractivity contribution in [3.05, 3.63) is 29.3 Å². The summed E-state index contributed by atoms with van der Waals surface area (Å²) in [5, 5.41) is 2.92. The average Bonchev–Trinajstić information content (AvgIpc) is 2.47. The van der Waals surface area contributed by atoms with Crippen molar-refractivity contribution in [3.8, 4) is 5.75 Å². The number of hydrogen-bond acceptors (Lipinski definition) is 2. The first-order valence-electron chi connectivity index (χ1n) is 7.77. The van der Waals surface area contributed by atoms with Crippen molar-refractivity contribution >= 4 is 5.91 Å². The smallest absolute Gasteiger partial charge is 0.260 e. The minimum Gasteiger partial charge on any atom is -0.481 e. The van der Waals surface area contributed by atoms with Crippen LogP contribution in [0.5, 0.6) is 5.75 Å². The van der Waals surface area contributed by atoms with Crippen molar-refractivity contribution in [2.75, 3.05) is 6.54 Å². The quantitative estimate of drug-likeness (QED) is 0.809. The minimum atomic E-state index is -0.430. The predicted octanol–water partition coefficient (Wildman–Crippen LogP) is 3.25. The second-order valence-electron chi connectivity index (χ2n) is 5.51. The molecule has 0 unspecified atom stereocenters. The van der Waals surface area contributed by atoms with Gasteiger partial charge in [0, 0.05) is 6.54 Å². The van der Waals surface area contributed by atoms with Gasteiger partial charge in [-0.1, -0.05) is 25.5 Å². The van der Waals surface area contributed by atoms with Crippen molar-refractivity contribution in [3.63, 3.8) is 0 Å². The lowest BCUT2D eigenvalue weighted by Crippen LogP contribution is -2.37. The third kappa shape index (κ3) is 3.75. The van der Waals surface area contributed by atoms with Crippen LogP contribution in [-0.4, -0.2) is 18.6 Å². The molecule has 1 amide bonds. The zero-order chi connectivity index (χ0) is 14.4. The van der Waals surface area contributed by atoms with Gasteiger partial charge in [-0.2, -0.15) is 0 Å². The van der Waals surface area contributed by atoms with E-state index in [0.29, 0.717) is 0 Å². The summed E-state index contributed by atoms with van der Waals surface area (Å²) in [7, 11) is 0. The maximum atomic E-state index is 12.0. The summed E-state index contributed by atoms with van der Waals surface area (Å²) in [4.78, 5) is 12.0. The first kappa shape index (κ1) is 14.9. The molecular formula is C17H25NO2. The Morgan fingerprint density at radius 1 is 1.35 bits per heavy atom. The molecule has 0 bridgehead atoms. The Morgan fingerprint density at radius 2 is 2.15 bits per heavy atom. The summed E-state index contributed by atoms with van der Waals surface area (Å²) >= 11 is 0. The number of rotatable bonds is 6. The summed E-state index contributed by atoms with van der Waals surface area (Å²) in [5.74, 6) is 0.868. The van der Waals surface area contributed by atoms with E-state index >= 15 is 0 Å². The second-order valence-corrected chi connectivity index (χ2v) is 5.51. The van der Waals surface area contributed by atoms with Crippen molar-refractivity contribution in [1.29, 1.82) is 0 Å². The van der Waals surface area contributed by atoms with E-state index in [9.17, 15) is 4.79 Å². The topological polar surface area (TPSA) is 38.3 Å². The average molecular weight is 275 g/mol. The number of amides is 1. The van der Waals surface area contributed by atoms with Crippen molar-refractivity contribution < 1.29 is 9.53 Å². The molecule has 1 atom stereocenters. The molecule has 0 saturated carbocycles. The Kier molecular flexibility index (Phi) is 5.45. The lowest BCUT2D eigenvalue weighted by molar-refractivity contribution is -0.127. The van der Waals surface area contributed by atoms with Crippen LogP contribution in [0.3, 0.4) is 0 Å². The molecule has 0 saturated heterocycles. The Labute approximate surface area is 121 Å². The Hall–Kier alpha value is -1.51. The minimum absolute atomic E-state index is 0.0214. The summed E-state index contributed by atoms with van der Waals surface area (Å²) < 4.78 is 5.89. The van der Waals surface area contributed by atoms with Crippen LogP contribution in [-0.2, 0) is 17.6 Å². The highest BCUT2D eigenvalue weighted by Gasteiger charge is 2.18. The molecule has 0 fully saturated rings. The molecule has 0 spiro atoms. The molecule has 1 aromatic rings. The van der Waals surface area contributed by atoms with Gasteiger partial charge in [-0.3, -0.25) is 4.79 Å². The summed E-state index contributed by atoms with van der Waals surface area (Å²) in [6.07, 6.45) is 6.33. The zero-order valence-electron chi connectivity index (χ0n) is 12.6. The van der Waals surface area contributed by atoms with Crippen LogP contribution >= 0.6 is 0 Å². The van der Waals surface area contributed by atoms with E-state index in [1.165, 1.54) is 24.0 Å². The summed E-state index contributed by atoms with van der Waals surface area (Å²) in [6.45, 7) is 4.67. The van der Waals surface area contributed by atoms with Crippen molar-refractivity contribution in [2.24, 2.45) is 0 Å². The number of carbonyl (C=O) groups is 1. The van der Waals surface area contributed by atoms with Gasteiger partial charge in [0.2, 0.25) is 0 Å². The van der Waals surface area contributed by atoms with Crippen LogP contribution < -0.4 is 10.1 Å². The predicted molar refractivity (Wildman–Crippen MR) is 81.1 cm³/mol. The Balaban J connectivity index is 1.97. The van der Waals surface area contributed by atoms with Gasteiger partial charge in [0.25, 0.3) is 5.91 Å². The fraction of sp³-hybridized carbons (Fsp3) is 0.588. The first-order chi connectivity index (χ1) is 9.72. The molecule has 1 aromatic carbocycles. The normalized spacial score (nSPS) is 15.3. The molecule has 3 nitrogen and oxygen atoms in total. The zero-order valence-corrected chi connectivity index (χ0v) is 12.6. The van der Waals surface area contributed by atoms with Gasteiger partial charge in [0.05, 0.1) is 0 Å². The van der Waals surface area contributed by atoms with Gasteiger partial charge in [-0.25, -0.2) is 0 Å². The lowest BCUT2D eigenvalue weighted by Gasteiger charge is -2.22. The van der Waals surface area contributed by atoms with E-state index < -0.39 is 6.10 Å². The van der Waals surface area contributed by atoms with Crippen molar-refractivity contribution in [2.45, 2.75) is 58.5 Å². The first-order valence-corrected chi connectivity index (χ1v) is 7.77. The van der Waals surface area contributed by atoms with Gasteiger partial charge in [0.15, 0.2) is 6.10 Å². The molecule has 0 aromatic heterocycles. The maximum absolute atomic E-state index is 12.0. The van der Waals surface area contributed by atoms with Gasteiger partial charge in [-0.05, 0) is 56.2 Å². The van der Waals surface area contributed by atoms with Crippen LogP contribution in [0.4, 0.5) is 0 Å². The number of hydrogen-bond donors (Lipinski definition) is 1. The standard InChI is InChI=1S/C17H25NO2/c1-3-4-12-18-17(19)13(2)20-16-11-7-9-14-8-5-6-10-15(14)16/h7,9,11,13H,3-6,8,10,12H2,1-2H3,(H,18,19)/t13-/m0/s1. The van der Waals surface area contributed by atoms with E-state index in [1.807, 2.05) is 19.1 Å². The Bertz CT molecular complexity index is 456. The number of fused-ring (bicyclic) bond motifs is 1. The van der Waals surface area contributed by atoms with Crippen LogP contribution in [0.15, 0.2) is 18.2 Å². The molecule has 0 aliphatic heterocycles. The maximum Gasteiger partial charge on any atom is 0.260 e. The van der Waals surface area contributed by atoms with Gasteiger partial charge in [-0.15, -0.1) is 0 Å². The molecule has 1 aliphatic carbocycles. The van der Waals surface area contributed by atoms with E-state index in [1.54, 1.807) is 0 Å².